The van der Waals surface area contributed by atoms with E-state index in [-0.39, 0.29) is 35.8 Å². The molecule has 0 spiro atoms. The van der Waals surface area contributed by atoms with E-state index in [1.165, 1.54) is 19.3 Å². The van der Waals surface area contributed by atoms with E-state index in [1.807, 2.05) is 25.1 Å². The molecule has 1 aromatic carbocycles. The fourth-order valence-corrected chi connectivity index (χ4v) is 3.75. The number of ether oxygens (including phenoxy) is 1. The molecule has 2 aromatic rings. The first-order valence-electron chi connectivity index (χ1n) is 11.0. The van der Waals surface area contributed by atoms with E-state index < -0.39 is 0 Å². The van der Waals surface area contributed by atoms with Crippen LogP contribution in [-0.4, -0.2) is 48.8 Å². The molecule has 1 aromatic heterocycles. The number of nitrogens with zero attached hydrogens (tertiary/aromatic N) is 2. The SMILES string of the molecule is CCNC(=NCc1ccc(O)c(OCC)c1)NCC(c1ccco1)N1CCCCC1.I. The zero-order valence-electron chi connectivity index (χ0n) is 18.5. The van der Waals surface area contributed by atoms with E-state index >= 15 is 0 Å². The van der Waals surface area contributed by atoms with Crippen molar-refractivity contribution in [3.05, 3.63) is 47.9 Å². The normalized spacial score (nSPS) is 15.7. The third kappa shape index (κ3) is 7.60. The zero-order valence-corrected chi connectivity index (χ0v) is 20.8. The van der Waals surface area contributed by atoms with Crippen molar-refractivity contribution in [2.24, 2.45) is 4.99 Å². The molecular formula is C23H35IN4O3. The van der Waals surface area contributed by atoms with Gasteiger partial charge in [-0.05, 0) is 69.6 Å². The van der Waals surface area contributed by atoms with Crippen LogP contribution in [0.15, 0.2) is 46.0 Å². The van der Waals surface area contributed by atoms with Gasteiger partial charge in [0.15, 0.2) is 17.5 Å². The maximum atomic E-state index is 9.89. The summed E-state index contributed by atoms with van der Waals surface area (Å²) in [4.78, 5) is 7.21. The lowest BCUT2D eigenvalue weighted by Crippen LogP contribution is -2.44. The lowest BCUT2D eigenvalue weighted by Gasteiger charge is -2.33. The Hall–Kier alpha value is -1.94. The summed E-state index contributed by atoms with van der Waals surface area (Å²) in [7, 11) is 0. The van der Waals surface area contributed by atoms with Gasteiger partial charge in [0.2, 0.25) is 0 Å². The van der Waals surface area contributed by atoms with Crippen LogP contribution >= 0.6 is 24.0 Å². The molecule has 0 amide bonds. The van der Waals surface area contributed by atoms with Crippen LogP contribution in [0.4, 0.5) is 0 Å². The molecule has 0 radical (unpaired) electrons. The Kier molecular flexibility index (Phi) is 11.0. The number of guanidine groups is 1. The standard InChI is InChI=1S/C23H34N4O3.HI/c1-3-24-23(25-16-18-10-11-20(28)22(15-18)29-4-2)26-17-19(21-9-8-14-30-21)27-12-6-5-7-13-27;/h8-11,14-15,19,28H,3-7,12-13,16-17H2,1-2H3,(H2,24,25,26);1H. The molecule has 1 atom stereocenters. The summed E-state index contributed by atoms with van der Waals surface area (Å²) in [5, 5.41) is 16.7. The maximum absolute atomic E-state index is 9.89. The molecule has 0 saturated carbocycles. The number of aromatic hydroxyl groups is 1. The second kappa shape index (κ2) is 13.5. The van der Waals surface area contributed by atoms with Gasteiger partial charge in [-0.2, -0.15) is 0 Å². The number of nitrogens with one attached hydrogen (secondary N) is 2. The molecule has 1 fully saturated rings. The average molecular weight is 542 g/mol. The quantitative estimate of drug-likeness (QED) is 0.249. The number of phenolic OH excluding ortho intramolecular Hbond substituents is 1. The van der Waals surface area contributed by atoms with Crippen molar-refractivity contribution in [2.45, 2.75) is 45.7 Å². The van der Waals surface area contributed by atoms with Gasteiger partial charge >= 0.3 is 0 Å². The summed E-state index contributed by atoms with van der Waals surface area (Å²) >= 11 is 0. The van der Waals surface area contributed by atoms with Gasteiger partial charge in [-0.1, -0.05) is 12.5 Å². The minimum atomic E-state index is 0. The maximum Gasteiger partial charge on any atom is 0.191 e. The summed E-state index contributed by atoms with van der Waals surface area (Å²) in [5.41, 5.74) is 0.979. The number of likely N-dealkylation sites (tertiary alicyclic amines) is 1. The number of rotatable bonds is 9. The monoisotopic (exact) mass is 542 g/mol. The topological polar surface area (TPSA) is 82.3 Å². The van der Waals surface area contributed by atoms with Crippen LogP contribution in [0.5, 0.6) is 11.5 Å². The summed E-state index contributed by atoms with van der Waals surface area (Å²) in [5.74, 6) is 2.39. The first-order valence-corrected chi connectivity index (χ1v) is 11.0. The van der Waals surface area contributed by atoms with E-state index in [0.29, 0.717) is 18.9 Å². The molecule has 1 aliphatic heterocycles. The number of benzene rings is 1. The minimum Gasteiger partial charge on any atom is -0.504 e. The Bertz CT molecular complexity index is 792. The second-order valence-corrected chi connectivity index (χ2v) is 7.44. The highest BCUT2D eigenvalue weighted by Gasteiger charge is 2.24. The highest BCUT2D eigenvalue weighted by atomic mass is 127. The molecule has 1 unspecified atom stereocenters. The predicted molar refractivity (Wildman–Crippen MR) is 134 cm³/mol. The molecule has 172 valence electrons. The zero-order chi connectivity index (χ0) is 21.2. The minimum absolute atomic E-state index is 0. The molecule has 2 heterocycles. The van der Waals surface area contributed by atoms with Gasteiger partial charge in [0.25, 0.3) is 0 Å². The molecule has 3 N–H and O–H groups in total. The third-order valence-electron chi connectivity index (χ3n) is 5.25. The van der Waals surface area contributed by atoms with Gasteiger partial charge in [0, 0.05) is 13.1 Å². The van der Waals surface area contributed by atoms with Crippen LogP contribution in [0, 0.1) is 0 Å². The largest absolute Gasteiger partial charge is 0.504 e. The van der Waals surface area contributed by atoms with E-state index in [2.05, 4.69) is 28.5 Å². The van der Waals surface area contributed by atoms with Gasteiger partial charge in [0.05, 0.1) is 25.5 Å². The van der Waals surface area contributed by atoms with Gasteiger partial charge in [-0.15, -0.1) is 24.0 Å². The number of piperidine rings is 1. The van der Waals surface area contributed by atoms with E-state index in [0.717, 1.165) is 43.5 Å². The summed E-state index contributed by atoms with van der Waals surface area (Å²) in [6, 6.07) is 9.54. The molecule has 0 aliphatic carbocycles. The first-order chi connectivity index (χ1) is 14.7. The van der Waals surface area contributed by atoms with Crippen LogP contribution in [0.2, 0.25) is 0 Å². The lowest BCUT2D eigenvalue weighted by atomic mass is 10.1. The predicted octanol–water partition coefficient (Wildman–Crippen LogP) is 4.28. The van der Waals surface area contributed by atoms with E-state index in [9.17, 15) is 5.11 Å². The van der Waals surface area contributed by atoms with Crippen LogP contribution in [0.1, 0.15) is 50.5 Å². The molecule has 31 heavy (non-hydrogen) atoms. The van der Waals surface area contributed by atoms with E-state index in [1.54, 1.807) is 12.3 Å². The van der Waals surface area contributed by atoms with Crippen molar-refractivity contribution in [2.75, 3.05) is 32.8 Å². The number of phenols is 1. The van der Waals surface area contributed by atoms with Gasteiger partial charge in [-0.3, -0.25) is 4.90 Å². The Labute approximate surface area is 202 Å². The van der Waals surface area contributed by atoms with Crippen molar-refractivity contribution in [3.63, 3.8) is 0 Å². The Balaban J connectivity index is 0.00000341. The summed E-state index contributed by atoms with van der Waals surface area (Å²) < 4.78 is 11.2. The first kappa shape index (κ1) is 25.3. The fraction of sp³-hybridized carbons (Fsp3) is 0.522. The van der Waals surface area contributed by atoms with Crippen LogP contribution in [0.25, 0.3) is 0 Å². The number of furan rings is 1. The van der Waals surface area contributed by atoms with Gasteiger partial charge in [0.1, 0.15) is 5.76 Å². The van der Waals surface area contributed by atoms with Crippen LogP contribution in [-0.2, 0) is 6.54 Å². The van der Waals surface area contributed by atoms with E-state index in [4.69, 9.17) is 14.1 Å². The molecular weight excluding hydrogens is 507 g/mol. The number of hydrogen-bond donors (Lipinski definition) is 3. The smallest absolute Gasteiger partial charge is 0.191 e. The van der Waals surface area contributed by atoms with Crippen LogP contribution < -0.4 is 15.4 Å². The summed E-state index contributed by atoms with van der Waals surface area (Å²) in [6.45, 7) is 8.64. The number of hydrogen-bond acceptors (Lipinski definition) is 5. The molecule has 3 rings (SSSR count). The molecule has 1 saturated heterocycles. The molecule has 8 heteroatoms. The highest BCUT2D eigenvalue weighted by molar-refractivity contribution is 14.0. The van der Waals surface area contributed by atoms with Crippen molar-refractivity contribution in [3.8, 4) is 11.5 Å². The van der Waals surface area contributed by atoms with Crippen molar-refractivity contribution in [1.29, 1.82) is 0 Å². The highest BCUT2D eigenvalue weighted by Crippen LogP contribution is 2.27. The Morgan fingerprint density at radius 1 is 1.19 bits per heavy atom. The Morgan fingerprint density at radius 2 is 2.00 bits per heavy atom. The molecule has 7 nitrogen and oxygen atoms in total. The van der Waals surface area contributed by atoms with Crippen molar-refractivity contribution >= 4 is 29.9 Å². The summed E-state index contributed by atoms with van der Waals surface area (Å²) in [6.07, 6.45) is 5.50. The lowest BCUT2D eigenvalue weighted by molar-refractivity contribution is 0.146. The van der Waals surface area contributed by atoms with Crippen molar-refractivity contribution < 1.29 is 14.3 Å². The van der Waals surface area contributed by atoms with Gasteiger partial charge < -0.3 is 24.9 Å². The average Bonchev–Trinajstić information content (AvgIpc) is 3.29. The molecule has 1 aliphatic rings. The van der Waals surface area contributed by atoms with Crippen molar-refractivity contribution in [1.82, 2.24) is 15.5 Å². The third-order valence-corrected chi connectivity index (χ3v) is 5.25. The second-order valence-electron chi connectivity index (χ2n) is 7.44. The van der Waals surface area contributed by atoms with Crippen LogP contribution in [0.3, 0.4) is 0 Å². The number of aliphatic imine (C=N–C) groups is 1. The number of halogens is 1. The molecule has 0 bridgehead atoms. The fourth-order valence-electron chi connectivity index (χ4n) is 3.75. The Morgan fingerprint density at radius 3 is 2.68 bits per heavy atom. The van der Waals surface area contributed by atoms with Gasteiger partial charge in [-0.25, -0.2) is 4.99 Å².